The molecule has 110 valence electrons. The number of carbonyl (C=O) groups is 1. The normalized spacial score (nSPS) is 17.1. The van der Waals surface area contributed by atoms with Gasteiger partial charge in [-0.15, -0.1) is 0 Å². The number of hydrogen-bond acceptors (Lipinski definition) is 1. The number of likely N-dealkylation sites (tertiary alicyclic amines) is 1. The van der Waals surface area contributed by atoms with E-state index in [1.807, 2.05) is 0 Å². The van der Waals surface area contributed by atoms with E-state index in [0.717, 1.165) is 0 Å². The smallest absolute Gasteiger partial charge is 0.325 e. The zero-order valence-corrected chi connectivity index (χ0v) is 11.3. The average Bonchev–Trinajstić information content (AvgIpc) is 2.40. The Kier molecular flexibility index (Phi) is 4.42. The number of urea groups is 1. The lowest BCUT2D eigenvalue weighted by Crippen LogP contribution is -2.44. The number of piperidine rings is 1. The zero-order valence-electron chi connectivity index (χ0n) is 10.6. The quantitative estimate of drug-likeness (QED) is 0.830. The van der Waals surface area contributed by atoms with Crippen LogP contribution < -0.4 is 5.32 Å². The molecule has 0 unspecified atom stereocenters. The second-order valence-corrected chi connectivity index (χ2v) is 5.12. The van der Waals surface area contributed by atoms with E-state index in [2.05, 4.69) is 5.32 Å². The predicted molar refractivity (Wildman–Crippen MR) is 70.8 cm³/mol. The summed E-state index contributed by atoms with van der Waals surface area (Å²) in [5, 5.41) is 3.00. The maximum absolute atomic E-state index is 12.5. The number of nitrogens with one attached hydrogen (secondary N) is 1. The van der Waals surface area contributed by atoms with Crippen LogP contribution in [0.5, 0.6) is 0 Å². The van der Waals surface area contributed by atoms with Crippen molar-refractivity contribution >= 4 is 23.3 Å². The molecule has 1 aliphatic heterocycles. The second kappa shape index (κ2) is 5.91. The monoisotopic (exact) mass is 306 g/mol. The Morgan fingerprint density at radius 3 is 2.40 bits per heavy atom. The molecule has 7 heteroatoms. The third kappa shape index (κ3) is 3.56. The molecule has 1 heterocycles. The van der Waals surface area contributed by atoms with Gasteiger partial charge in [-0.3, -0.25) is 0 Å². The fourth-order valence-electron chi connectivity index (χ4n) is 2.17. The summed E-state index contributed by atoms with van der Waals surface area (Å²) in [6.07, 6.45) is -4.29. The molecule has 0 bridgehead atoms. The van der Waals surface area contributed by atoms with Gasteiger partial charge in [0.25, 0.3) is 0 Å². The van der Waals surface area contributed by atoms with Gasteiger partial charge in [-0.1, -0.05) is 23.7 Å². The molecular weight excluding hydrogens is 293 g/mol. The minimum Gasteiger partial charge on any atom is -0.325 e. The number of hydrogen-bond donors (Lipinski definition) is 1. The summed E-state index contributed by atoms with van der Waals surface area (Å²) in [5.41, 5.74) is 0.456. The first-order valence-electron chi connectivity index (χ1n) is 6.25. The van der Waals surface area contributed by atoms with E-state index in [9.17, 15) is 18.0 Å². The zero-order chi connectivity index (χ0) is 14.8. The first-order valence-corrected chi connectivity index (χ1v) is 6.63. The van der Waals surface area contributed by atoms with Crippen molar-refractivity contribution in [3.8, 4) is 0 Å². The molecule has 2 rings (SSSR count). The van der Waals surface area contributed by atoms with Gasteiger partial charge in [-0.25, -0.2) is 4.79 Å². The highest BCUT2D eigenvalue weighted by Crippen LogP contribution is 2.34. The number of nitrogens with zero attached hydrogens (tertiary/aromatic N) is 1. The van der Waals surface area contributed by atoms with Gasteiger partial charge in [0.05, 0.1) is 16.6 Å². The van der Waals surface area contributed by atoms with Crippen molar-refractivity contribution in [1.82, 2.24) is 4.90 Å². The number of halogens is 4. The average molecular weight is 307 g/mol. The highest BCUT2D eigenvalue weighted by molar-refractivity contribution is 6.33. The Balaban J connectivity index is 1.91. The van der Waals surface area contributed by atoms with Crippen LogP contribution in [0.2, 0.25) is 5.02 Å². The van der Waals surface area contributed by atoms with Crippen LogP contribution in [0.1, 0.15) is 12.8 Å². The van der Waals surface area contributed by atoms with Crippen molar-refractivity contribution in [1.29, 1.82) is 0 Å². The molecule has 0 saturated carbocycles. The molecule has 20 heavy (non-hydrogen) atoms. The molecule has 1 N–H and O–H groups in total. The van der Waals surface area contributed by atoms with E-state index in [-0.39, 0.29) is 25.9 Å². The number of para-hydroxylation sites is 1. The Hall–Kier alpha value is -1.43. The van der Waals surface area contributed by atoms with Crippen LogP contribution in [0.4, 0.5) is 23.7 Å². The minimum absolute atomic E-state index is 0.0561. The number of anilines is 1. The predicted octanol–water partition coefficient (Wildman–Crippen LogP) is 4.15. The highest BCUT2D eigenvalue weighted by Gasteiger charge is 2.41. The van der Waals surface area contributed by atoms with Gasteiger partial charge in [-0.2, -0.15) is 13.2 Å². The van der Waals surface area contributed by atoms with Gasteiger partial charge in [0.1, 0.15) is 0 Å². The molecule has 1 aliphatic rings. The molecule has 2 amide bonds. The van der Waals surface area contributed by atoms with E-state index in [0.29, 0.717) is 10.7 Å². The summed E-state index contributed by atoms with van der Waals surface area (Å²) < 4.78 is 37.6. The molecule has 0 spiro atoms. The van der Waals surface area contributed by atoms with E-state index in [4.69, 9.17) is 11.6 Å². The summed E-state index contributed by atoms with van der Waals surface area (Å²) in [4.78, 5) is 13.3. The van der Waals surface area contributed by atoms with Gasteiger partial charge in [-0.05, 0) is 25.0 Å². The summed E-state index contributed by atoms with van der Waals surface area (Å²) in [6.45, 7) is 0.195. The Bertz CT molecular complexity index is 485. The van der Waals surface area contributed by atoms with Crippen LogP contribution in [0.25, 0.3) is 0 Å². The van der Waals surface area contributed by atoms with Gasteiger partial charge in [0, 0.05) is 13.1 Å². The number of rotatable bonds is 1. The molecule has 0 aliphatic carbocycles. The van der Waals surface area contributed by atoms with Gasteiger partial charge in [0.2, 0.25) is 0 Å². The second-order valence-electron chi connectivity index (χ2n) is 4.71. The fourth-order valence-corrected chi connectivity index (χ4v) is 2.35. The van der Waals surface area contributed by atoms with Crippen LogP contribution >= 0.6 is 11.6 Å². The largest absolute Gasteiger partial charge is 0.391 e. The maximum atomic E-state index is 12.5. The molecule has 1 saturated heterocycles. The van der Waals surface area contributed by atoms with Gasteiger partial charge in [0.15, 0.2) is 0 Å². The van der Waals surface area contributed by atoms with Crippen LogP contribution in [0.3, 0.4) is 0 Å². The van der Waals surface area contributed by atoms with E-state index in [1.165, 1.54) is 4.90 Å². The molecule has 1 aromatic carbocycles. The van der Waals surface area contributed by atoms with Crippen molar-refractivity contribution in [2.24, 2.45) is 5.92 Å². The van der Waals surface area contributed by atoms with Crippen molar-refractivity contribution in [2.45, 2.75) is 19.0 Å². The molecule has 0 atom stereocenters. The van der Waals surface area contributed by atoms with E-state index in [1.54, 1.807) is 24.3 Å². The van der Waals surface area contributed by atoms with E-state index < -0.39 is 18.1 Å². The summed E-state index contributed by atoms with van der Waals surface area (Å²) >= 11 is 5.91. The third-order valence-corrected chi connectivity index (χ3v) is 3.69. The number of amides is 2. The number of carbonyl (C=O) groups excluding carboxylic acids is 1. The molecule has 3 nitrogen and oxygen atoms in total. The Morgan fingerprint density at radius 1 is 1.25 bits per heavy atom. The van der Waals surface area contributed by atoms with Crippen molar-refractivity contribution in [3.63, 3.8) is 0 Å². The molecule has 1 fully saturated rings. The first kappa shape index (κ1) is 15.0. The van der Waals surface area contributed by atoms with Gasteiger partial charge >= 0.3 is 12.2 Å². The SMILES string of the molecule is O=C(Nc1ccccc1Cl)N1CCC(C(F)(F)F)CC1. The van der Waals surface area contributed by atoms with E-state index >= 15 is 0 Å². The molecule has 0 radical (unpaired) electrons. The van der Waals surface area contributed by atoms with Crippen LogP contribution in [-0.2, 0) is 0 Å². The van der Waals surface area contributed by atoms with Crippen LogP contribution in [0.15, 0.2) is 24.3 Å². The fraction of sp³-hybridized carbons (Fsp3) is 0.462. The Morgan fingerprint density at radius 2 is 1.85 bits per heavy atom. The maximum Gasteiger partial charge on any atom is 0.391 e. The first-order chi connectivity index (χ1) is 9.38. The summed E-state index contributed by atoms with van der Waals surface area (Å²) in [7, 11) is 0. The molecule has 0 aromatic heterocycles. The lowest BCUT2D eigenvalue weighted by Gasteiger charge is -2.32. The molecular formula is C13H14ClF3N2O. The number of alkyl halides is 3. The third-order valence-electron chi connectivity index (χ3n) is 3.36. The Labute approximate surface area is 119 Å². The highest BCUT2D eigenvalue weighted by atomic mass is 35.5. The molecule has 1 aromatic rings. The minimum atomic E-state index is -4.18. The van der Waals surface area contributed by atoms with Crippen LogP contribution in [-0.4, -0.2) is 30.2 Å². The van der Waals surface area contributed by atoms with Crippen LogP contribution in [0, 0.1) is 5.92 Å². The lowest BCUT2D eigenvalue weighted by molar-refractivity contribution is -0.183. The number of benzene rings is 1. The summed E-state index contributed by atoms with van der Waals surface area (Å²) in [6, 6.07) is 6.30. The lowest BCUT2D eigenvalue weighted by atomic mass is 9.96. The van der Waals surface area contributed by atoms with Crippen molar-refractivity contribution in [2.75, 3.05) is 18.4 Å². The standard InChI is InChI=1S/C13H14ClF3N2O/c14-10-3-1-2-4-11(10)18-12(20)19-7-5-9(6-8-19)13(15,16)17/h1-4,9H,5-8H2,(H,18,20). The van der Waals surface area contributed by atoms with Gasteiger partial charge < -0.3 is 10.2 Å². The summed E-state index contributed by atoms with van der Waals surface area (Å²) in [5.74, 6) is -1.31. The van der Waals surface area contributed by atoms with Crippen molar-refractivity contribution in [3.05, 3.63) is 29.3 Å². The van der Waals surface area contributed by atoms with Crippen molar-refractivity contribution < 1.29 is 18.0 Å². The topological polar surface area (TPSA) is 32.3 Å².